The number of carbonyl (C=O) groups is 1. The van der Waals surface area contributed by atoms with Crippen LogP contribution in [0.15, 0.2) is 23.4 Å². The quantitative estimate of drug-likeness (QED) is 0.455. The summed E-state index contributed by atoms with van der Waals surface area (Å²) in [6, 6.07) is 3.18. The van der Waals surface area contributed by atoms with Crippen molar-refractivity contribution in [1.82, 2.24) is 14.9 Å². The molecule has 5 nitrogen and oxygen atoms in total. The molecule has 2 atom stereocenters. The molecular formula is C19H19ClF3N3O2S. The highest BCUT2D eigenvalue weighted by Gasteiger charge is 2.41. The Morgan fingerprint density at radius 2 is 1.93 bits per heavy atom. The Balaban J connectivity index is 1.91. The molecule has 3 rings (SSSR count). The van der Waals surface area contributed by atoms with Gasteiger partial charge in [0.15, 0.2) is 5.16 Å². The Hall–Kier alpha value is -2.00. The molecule has 156 valence electrons. The number of hydrogen-bond acceptors (Lipinski definition) is 5. The van der Waals surface area contributed by atoms with Crippen LogP contribution in [-0.4, -0.2) is 33.3 Å². The molecule has 0 bridgehead atoms. The van der Waals surface area contributed by atoms with Gasteiger partial charge in [-0.1, -0.05) is 35.0 Å². The molecule has 1 amide bonds. The van der Waals surface area contributed by atoms with Gasteiger partial charge >= 0.3 is 12.3 Å². The lowest BCUT2D eigenvalue weighted by Gasteiger charge is -2.22. The van der Waals surface area contributed by atoms with E-state index < -0.39 is 30.0 Å². The zero-order valence-electron chi connectivity index (χ0n) is 16.2. The van der Waals surface area contributed by atoms with Gasteiger partial charge in [-0.15, -0.1) is 0 Å². The standard InChI is InChI=1S/C19H19ClF3N3O2S/c1-9-5-12(7-13(6-9)19(21,22)23)16-11(3)26(18(27)28-16)8-14-15(20)10(2)24-17(25-14)29-4/h5-7,11,16H,8H2,1-4H3/t11-,16-/m0/s1. The van der Waals surface area contributed by atoms with Gasteiger partial charge in [0.05, 0.1) is 34.6 Å². The summed E-state index contributed by atoms with van der Waals surface area (Å²) in [6.07, 6.45) is -4.11. The summed E-state index contributed by atoms with van der Waals surface area (Å²) in [5, 5.41) is 0.869. The molecule has 1 aromatic heterocycles. The van der Waals surface area contributed by atoms with Crippen molar-refractivity contribution in [2.45, 2.75) is 50.8 Å². The predicted molar refractivity (Wildman–Crippen MR) is 104 cm³/mol. The number of ether oxygens (including phenoxy) is 1. The largest absolute Gasteiger partial charge is 0.439 e. The van der Waals surface area contributed by atoms with Gasteiger partial charge in [-0.3, -0.25) is 4.90 Å². The number of benzene rings is 1. The van der Waals surface area contributed by atoms with Crippen molar-refractivity contribution in [3.05, 3.63) is 51.3 Å². The van der Waals surface area contributed by atoms with E-state index in [1.807, 2.05) is 6.26 Å². The lowest BCUT2D eigenvalue weighted by atomic mass is 9.98. The zero-order valence-corrected chi connectivity index (χ0v) is 17.7. The number of aromatic nitrogens is 2. The van der Waals surface area contributed by atoms with Crippen LogP contribution in [0.3, 0.4) is 0 Å². The minimum Gasteiger partial charge on any atom is -0.439 e. The van der Waals surface area contributed by atoms with Crippen LogP contribution in [0.1, 0.15) is 41.1 Å². The third-order valence-corrected chi connectivity index (χ3v) is 5.75. The smallest absolute Gasteiger partial charge is 0.416 e. The van der Waals surface area contributed by atoms with Gasteiger partial charge in [0.1, 0.15) is 6.10 Å². The molecule has 1 aliphatic heterocycles. The fourth-order valence-corrected chi connectivity index (χ4v) is 3.82. The number of nitrogens with zero attached hydrogens (tertiary/aromatic N) is 3. The Morgan fingerprint density at radius 3 is 2.55 bits per heavy atom. The van der Waals surface area contributed by atoms with E-state index in [2.05, 4.69) is 9.97 Å². The molecule has 0 spiro atoms. The van der Waals surface area contributed by atoms with Gasteiger partial charge < -0.3 is 4.74 Å². The molecule has 2 aromatic rings. The van der Waals surface area contributed by atoms with Crippen molar-refractivity contribution in [3.63, 3.8) is 0 Å². The van der Waals surface area contributed by atoms with E-state index in [1.165, 1.54) is 16.7 Å². The van der Waals surface area contributed by atoms with Crippen LogP contribution in [-0.2, 0) is 17.5 Å². The molecule has 0 N–H and O–H groups in total. The van der Waals surface area contributed by atoms with Crippen molar-refractivity contribution in [2.24, 2.45) is 0 Å². The topological polar surface area (TPSA) is 55.3 Å². The lowest BCUT2D eigenvalue weighted by Crippen LogP contribution is -2.32. The Labute approximate surface area is 175 Å². The van der Waals surface area contributed by atoms with Crippen LogP contribution in [0.4, 0.5) is 18.0 Å². The summed E-state index contributed by atoms with van der Waals surface area (Å²) in [5.74, 6) is 0. The van der Waals surface area contributed by atoms with E-state index in [4.69, 9.17) is 16.3 Å². The highest BCUT2D eigenvalue weighted by molar-refractivity contribution is 7.98. The molecule has 1 saturated heterocycles. The molecule has 0 radical (unpaired) electrons. The first kappa shape index (κ1) is 21.7. The first-order valence-corrected chi connectivity index (χ1v) is 10.3. The number of rotatable bonds is 4. The lowest BCUT2D eigenvalue weighted by molar-refractivity contribution is -0.137. The Morgan fingerprint density at radius 1 is 1.24 bits per heavy atom. The molecule has 0 aliphatic carbocycles. The Bertz CT molecular complexity index is 955. The van der Waals surface area contributed by atoms with E-state index in [9.17, 15) is 18.0 Å². The summed E-state index contributed by atoms with van der Waals surface area (Å²) < 4.78 is 45.0. The summed E-state index contributed by atoms with van der Waals surface area (Å²) in [7, 11) is 0. The number of hydrogen-bond donors (Lipinski definition) is 0. The van der Waals surface area contributed by atoms with E-state index in [-0.39, 0.29) is 6.54 Å². The summed E-state index contributed by atoms with van der Waals surface area (Å²) in [5.41, 5.74) is 1.03. The molecule has 29 heavy (non-hydrogen) atoms. The van der Waals surface area contributed by atoms with Gasteiger partial charge in [-0.2, -0.15) is 13.2 Å². The third-order valence-electron chi connectivity index (χ3n) is 4.72. The first-order chi connectivity index (χ1) is 13.5. The van der Waals surface area contributed by atoms with Crippen LogP contribution in [0.25, 0.3) is 0 Å². The fourth-order valence-electron chi connectivity index (χ4n) is 3.25. The third kappa shape index (κ3) is 4.45. The van der Waals surface area contributed by atoms with Gasteiger partial charge in [-0.25, -0.2) is 14.8 Å². The molecular weight excluding hydrogens is 427 g/mol. The molecule has 1 aromatic carbocycles. The average Bonchev–Trinajstić information content (AvgIpc) is 2.92. The monoisotopic (exact) mass is 445 g/mol. The first-order valence-electron chi connectivity index (χ1n) is 8.74. The SMILES string of the molecule is CSc1nc(C)c(Cl)c(CN2C(=O)O[C@H](c3cc(C)cc(C(F)(F)F)c3)[C@@H]2C)n1. The number of aryl methyl sites for hydroxylation is 2. The number of thioether (sulfide) groups is 1. The number of carbonyl (C=O) groups excluding carboxylic acids is 1. The molecule has 0 saturated carbocycles. The molecule has 1 aliphatic rings. The molecule has 0 unspecified atom stereocenters. The summed E-state index contributed by atoms with van der Waals surface area (Å²) in [6.45, 7) is 5.12. The minimum atomic E-state index is -4.48. The second-order valence-corrected chi connectivity index (χ2v) is 8.01. The number of cyclic esters (lactones) is 1. The van der Waals surface area contributed by atoms with Crippen molar-refractivity contribution in [1.29, 1.82) is 0 Å². The predicted octanol–water partition coefficient (Wildman–Crippen LogP) is 5.57. The van der Waals surface area contributed by atoms with Crippen molar-refractivity contribution in [2.75, 3.05) is 6.26 Å². The van der Waals surface area contributed by atoms with Crippen LogP contribution in [0, 0.1) is 13.8 Å². The van der Waals surface area contributed by atoms with Crippen LogP contribution in [0.5, 0.6) is 0 Å². The second kappa shape index (κ2) is 8.02. The van der Waals surface area contributed by atoms with Crippen LogP contribution >= 0.6 is 23.4 Å². The average molecular weight is 446 g/mol. The number of amides is 1. The number of alkyl halides is 3. The maximum absolute atomic E-state index is 13.2. The summed E-state index contributed by atoms with van der Waals surface area (Å²) in [4.78, 5) is 22.5. The Kier molecular flexibility index (Phi) is 6.01. The van der Waals surface area contributed by atoms with Crippen molar-refractivity contribution in [3.8, 4) is 0 Å². The maximum atomic E-state index is 13.2. The van der Waals surface area contributed by atoms with Crippen molar-refractivity contribution >= 4 is 29.5 Å². The van der Waals surface area contributed by atoms with E-state index >= 15 is 0 Å². The molecule has 1 fully saturated rings. The molecule has 10 heteroatoms. The normalized spacial score (nSPS) is 19.6. The van der Waals surface area contributed by atoms with Gasteiger partial charge in [0.2, 0.25) is 0 Å². The minimum absolute atomic E-state index is 0.0736. The van der Waals surface area contributed by atoms with Gasteiger partial charge in [0, 0.05) is 0 Å². The fraction of sp³-hybridized carbons (Fsp3) is 0.421. The van der Waals surface area contributed by atoms with Crippen molar-refractivity contribution < 1.29 is 22.7 Å². The summed E-state index contributed by atoms with van der Waals surface area (Å²) >= 11 is 7.65. The maximum Gasteiger partial charge on any atom is 0.416 e. The van der Waals surface area contributed by atoms with Crippen LogP contribution in [0.2, 0.25) is 5.02 Å². The highest BCUT2D eigenvalue weighted by atomic mass is 35.5. The number of halogens is 4. The van der Waals surface area contributed by atoms with E-state index in [0.717, 1.165) is 12.1 Å². The van der Waals surface area contributed by atoms with E-state index in [1.54, 1.807) is 26.8 Å². The van der Waals surface area contributed by atoms with Crippen LogP contribution < -0.4 is 0 Å². The highest BCUT2D eigenvalue weighted by Crippen LogP contribution is 2.38. The van der Waals surface area contributed by atoms with E-state index in [0.29, 0.717) is 32.7 Å². The second-order valence-electron chi connectivity index (χ2n) is 6.86. The van der Waals surface area contributed by atoms with Gasteiger partial charge in [-0.05, 0) is 44.7 Å². The van der Waals surface area contributed by atoms with Gasteiger partial charge in [0.25, 0.3) is 0 Å². The molecule has 2 heterocycles. The zero-order chi connectivity index (χ0) is 21.5.